The van der Waals surface area contributed by atoms with E-state index in [0.717, 1.165) is 25.9 Å². The van der Waals surface area contributed by atoms with Crippen LogP contribution >= 0.6 is 0 Å². The van der Waals surface area contributed by atoms with E-state index in [1.807, 2.05) is 0 Å². The number of hydrogen-bond donors (Lipinski definition) is 1. The number of likely N-dealkylation sites (tertiary alicyclic amines) is 1. The molecule has 0 aliphatic carbocycles. The van der Waals surface area contributed by atoms with Gasteiger partial charge in [0.25, 0.3) is 0 Å². The molecule has 1 rings (SSSR count). The molecule has 1 saturated heterocycles. The second-order valence-electron chi connectivity index (χ2n) is 2.08. The first kappa shape index (κ1) is 6.35. The molecule has 1 N–H and O–H groups in total. The number of urea groups is 1. The lowest BCUT2D eigenvalue weighted by atomic mass is 10.4. The summed E-state index contributed by atoms with van der Waals surface area (Å²) >= 11 is 0. The summed E-state index contributed by atoms with van der Waals surface area (Å²) in [7, 11) is 0. The van der Waals surface area contributed by atoms with Crippen molar-refractivity contribution < 1.29 is 10.0 Å². The van der Waals surface area contributed by atoms with Gasteiger partial charge in [-0.15, -0.1) is 0 Å². The van der Waals surface area contributed by atoms with Crippen LogP contribution in [0.1, 0.15) is 12.8 Å². The van der Waals surface area contributed by atoms with Crippen LogP contribution in [0.15, 0.2) is 0 Å². The molecule has 0 bridgehead atoms. The zero-order chi connectivity index (χ0) is 6.69. The molecule has 4 heteroatoms. The van der Waals surface area contributed by atoms with Crippen LogP contribution in [-0.2, 0) is 0 Å². The van der Waals surface area contributed by atoms with E-state index in [2.05, 4.69) is 5.48 Å². The van der Waals surface area contributed by atoms with Crippen molar-refractivity contribution in [2.75, 3.05) is 13.1 Å². The Labute approximate surface area is 53.4 Å². The number of rotatable bonds is 0. The third-order valence-corrected chi connectivity index (χ3v) is 1.46. The summed E-state index contributed by atoms with van der Waals surface area (Å²) in [5, 5.41) is 8.03. The number of carbonyl (C=O) groups is 1. The average molecular weight is 129 g/mol. The Hall–Kier alpha value is -0.770. The molecular weight excluding hydrogens is 120 g/mol. The molecule has 0 unspecified atom stereocenters. The van der Waals surface area contributed by atoms with E-state index in [9.17, 15) is 4.79 Å². The van der Waals surface area contributed by atoms with Crippen LogP contribution in [0.4, 0.5) is 4.79 Å². The van der Waals surface area contributed by atoms with Crippen LogP contribution in [0.5, 0.6) is 0 Å². The highest BCUT2D eigenvalue weighted by atomic mass is 16.5. The second kappa shape index (κ2) is 2.68. The second-order valence-corrected chi connectivity index (χ2v) is 2.08. The van der Waals surface area contributed by atoms with Gasteiger partial charge in [-0.3, -0.25) is 5.21 Å². The van der Waals surface area contributed by atoms with Crippen LogP contribution in [0, 0.1) is 0 Å². The minimum absolute atomic E-state index is 0.507. The summed E-state index contributed by atoms with van der Waals surface area (Å²) in [6.45, 7) is 1.48. The zero-order valence-electron chi connectivity index (χ0n) is 5.08. The number of hydrogen-bond acceptors (Lipinski definition) is 2. The first-order valence-corrected chi connectivity index (χ1v) is 2.98. The fourth-order valence-electron chi connectivity index (χ4n) is 0.972. The number of carbonyl (C=O) groups excluding carboxylic acids is 1. The molecule has 0 aromatic heterocycles. The molecule has 0 saturated carbocycles. The Balaban J connectivity index is 2.32. The van der Waals surface area contributed by atoms with Crippen molar-refractivity contribution in [3.8, 4) is 0 Å². The molecule has 1 aliphatic rings. The van der Waals surface area contributed by atoms with Crippen molar-refractivity contribution in [1.29, 1.82) is 0 Å². The zero-order valence-corrected chi connectivity index (χ0v) is 5.08. The maximum atomic E-state index is 10.5. The summed E-state index contributed by atoms with van der Waals surface area (Å²) < 4.78 is 0. The third kappa shape index (κ3) is 1.32. The molecule has 1 fully saturated rings. The monoisotopic (exact) mass is 129 g/mol. The average Bonchev–Trinajstić information content (AvgIpc) is 2.37. The van der Waals surface area contributed by atoms with E-state index >= 15 is 0 Å². The van der Waals surface area contributed by atoms with Gasteiger partial charge in [-0.2, -0.15) is 0 Å². The maximum absolute atomic E-state index is 10.5. The number of nitrogens with zero attached hydrogens (tertiary/aromatic N) is 2. The molecule has 0 atom stereocenters. The van der Waals surface area contributed by atoms with Crippen LogP contribution < -0.4 is 5.48 Å². The van der Waals surface area contributed by atoms with Gasteiger partial charge in [0.2, 0.25) is 0 Å². The number of amides is 2. The van der Waals surface area contributed by atoms with Gasteiger partial charge < -0.3 is 4.90 Å². The van der Waals surface area contributed by atoms with Gasteiger partial charge in [-0.05, 0) is 12.8 Å². The smallest absolute Gasteiger partial charge is 0.321 e. The first-order valence-electron chi connectivity index (χ1n) is 2.98. The third-order valence-electron chi connectivity index (χ3n) is 1.46. The maximum Gasteiger partial charge on any atom is 0.366 e. The fourth-order valence-corrected chi connectivity index (χ4v) is 0.972. The molecule has 2 amide bonds. The Morgan fingerprint density at radius 2 is 2.00 bits per heavy atom. The highest BCUT2D eigenvalue weighted by Gasteiger charge is 2.17. The topological polar surface area (TPSA) is 54.6 Å². The molecule has 9 heavy (non-hydrogen) atoms. The highest BCUT2D eigenvalue weighted by molar-refractivity contribution is 5.72. The fraction of sp³-hybridized carbons (Fsp3) is 0.800. The lowest BCUT2D eigenvalue weighted by molar-refractivity contribution is 0.130. The largest absolute Gasteiger partial charge is 0.366 e. The lowest BCUT2D eigenvalue weighted by Gasteiger charge is -2.10. The van der Waals surface area contributed by atoms with Gasteiger partial charge in [-0.25, -0.2) is 4.79 Å². The standard InChI is InChI=1S/C5H9N2O2/c8-5(6-9)7-3-1-2-4-7/h9H,1-4H2. The van der Waals surface area contributed by atoms with Gasteiger partial charge >= 0.3 is 6.03 Å². The van der Waals surface area contributed by atoms with Crippen molar-refractivity contribution in [3.05, 3.63) is 0 Å². The molecule has 1 radical (unpaired) electrons. The van der Waals surface area contributed by atoms with E-state index in [1.54, 1.807) is 0 Å². The molecule has 4 nitrogen and oxygen atoms in total. The summed E-state index contributed by atoms with van der Waals surface area (Å²) in [6, 6.07) is -0.507. The molecular formula is C5H9N2O2. The summed E-state index contributed by atoms with van der Waals surface area (Å²) in [5.74, 6) is 0. The number of hydroxylamine groups is 1. The Bertz CT molecular complexity index is 110. The predicted molar refractivity (Wildman–Crippen MR) is 30.1 cm³/mol. The molecule has 51 valence electrons. The van der Waals surface area contributed by atoms with E-state index in [0.29, 0.717) is 0 Å². The van der Waals surface area contributed by atoms with Crippen LogP contribution in [0.3, 0.4) is 0 Å². The van der Waals surface area contributed by atoms with Crippen LogP contribution in [-0.4, -0.2) is 29.2 Å². The minimum atomic E-state index is -0.507. The molecule has 0 aromatic rings. The first-order chi connectivity index (χ1) is 4.34. The van der Waals surface area contributed by atoms with E-state index in [4.69, 9.17) is 5.21 Å². The van der Waals surface area contributed by atoms with Gasteiger partial charge in [0, 0.05) is 13.1 Å². The molecule has 0 aromatic carbocycles. The molecule has 1 aliphatic heterocycles. The van der Waals surface area contributed by atoms with E-state index < -0.39 is 6.03 Å². The van der Waals surface area contributed by atoms with Crippen LogP contribution in [0.25, 0.3) is 0 Å². The Kier molecular flexibility index (Phi) is 1.89. The summed E-state index contributed by atoms with van der Waals surface area (Å²) in [5.41, 5.74) is 2.56. The Morgan fingerprint density at radius 3 is 2.44 bits per heavy atom. The predicted octanol–water partition coefficient (Wildman–Crippen LogP) is 0.196. The van der Waals surface area contributed by atoms with Gasteiger partial charge in [0.15, 0.2) is 0 Å². The Morgan fingerprint density at radius 1 is 1.44 bits per heavy atom. The van der Waals surface area contributed by atoms with Crippen molar-refractivity contribution in [3.63, 3.8) is 0 Å². The summed E-state index contributed by atoms with van der Waals surface area (Å²) in [4.78, 5) is 12.1. The van der Waals surface area contributed by atoms with Crippen molar-refractivity contribution in [2.24, 2.45) is 0 Å². The van der Waals surface area contributed by atoms with Gasteiger partial charge in [0.1, 0.15) is 0 Å². The quantitative estimate of drug-likeness (QED) is 0.375. The minimum Gasteiger partial charge on any atom is -0.321 e. The van der Waals surface area contributed by atoms with Crippen molar-refractivity contribution in [2.45, 2.75) is 12.8 Å². The van der Waals surface area contributed by atoms with Crippen molar-refractivity contribution in [1.82, 2.24) is 10.4 Å². The summed E-state index contributed by atoms with van der Waals surface area (Å²) in [6.07, 6.45) is 2.06. The van der Waals surface area contributed by atoms with Crippen molar-refractivity contribution >= 4 is 6.03 Å². The normalized spacial score (nSPS) is 18.1. The van der Waals surface area contributed by atoms with E-state index in [-0.39, 0.29) is 0 Å². The van der Waals surface area contributed by atoms with Gasteiger partial charge in [-0.1, -0.05) is 5.48 Å². The lowest BCUT2D eigenvalue weighted by Crippen LogP contribution is -2.31. The molecule has 0 spiro atoms. The highest BCUT2D eigenvalue weighted by Crippen LogP contribution is 2.06. The molecule has 1 heterocycles. The van der Waals surface area contributed by atoms with Crippen LogP contribution in [0.2, 0.25) is 0 Å². The van der Waals surface area contributed by atoms with E-state index in [1.165, 1.54) is 4.90 Å². The van der Waals surface area contributed by atoms with Gasteiger partial charge in [0.05, 0.1) is 0 Å². The SMILES string of the molecule is O=C([N]O)N1CCCC1.